The molecule has 0 aliphatic heterocycles. The van der Waals surface area contributed by atoms with Gasteiger partial charge in [-0.1, -0.05) is 0 Å². The van der Waals surface area contributed by atoms with E-state index in [-0.39, 0.29) is 0 Å². The van der Waals surface area contributed by atoms with Crippen molar-refractivity contribution in [2.24, 2.45) is 0 Å². The van der Waals surface area contributed by atoms with E-state index >= 15 is 0 Å². The second-order valence-corrected chi connectivity index (χ2v) is 4.04. The summed E-state index contributed by atoms with van der Waals surface area (Å²) in [5.74, 6) is 0.699. The van der Waals surface area contributed by atoms with Gasteiger partial charge < -0.3 is 14.9 Å². The molecule has 0 aromatic carbocycles. The van der Waals surface area contributed by atoms with E-state index in [9.17, 15) is 0 Å². The molecule has 0 spiro atoms. The summed E-state index contributed by atoms with van der Waals surface area (Å²) in [6.07, 6.45) is 5.38. The summed E-state index contributed by atoms with van der Waals surface area (Å²) >= 11 is 0. The van der Waals surface area contributed by atoms with Gasteiger partial charge in [0.2, 0.25) is 0 Å². The largest absolute Gasteiger partial charge is 0.383 e. The summed E-state index contributed by atoms with van der Waals surface area (Å²) in [6, 6.07) is 0.351. The molecule has 2 aromatic heterocycles. The maximum Gasteiger partial charge on any atom is 0.133 e. The van der Waals surface area contributed by atoms with Crippen molar-refractivity contribution in [2.75, 3.05) is 5.73 Å². The highest BCUT2D eigenvalue weighted by molar-refractivity contribution is 5.67. The molecule has 0 aliphatic rings. The lowest BCUT2D eigenvalue weighted by Crippen LogP contribution is -2.04. The van der Waals surface area contributed by atoms with Gasteiger partial charge in [-0.05, 0) is 20.8 Å². The highest BCUT2D eigenvalue weighted by atomic mass is 15.1. The molecule has 2 N–H and O–H groups in total. The van der Waals surface area contributed by atoms with Crippen molar-refractivity contribution < 1.29 is 0 Å². The molecule has 0 bridgehead atoms. The minimum Gasteiger partial charge on any atom is -0.383 e. The molecule has 2 aromatic rings. The predicted octanol–water partition coefficient (Wildman–Crippen LogP) is 1.93. The molecule has 0 amide bonds. The number of nitrogen functional groups attached to an aromatic ring is 1. The number of rotatable bonds is 3. The van der Waals surface area contributed by atoms with Gasteiger partial charge in [-0.15, -0.1) is 0 Å². The monoisotopic (exact) mass is 219 g/mol. The third kappa shape index (κ3) is 1.58. The lowest BCUT2D eigenvalue weighted by molar-refractivity contribution is 0.604. The van der Waals surface area contributed by atoms with Gasteiger partial charge in [0.1, 0.15) is 11.5 Å². The van der Waals surface area contributed by atoms with E-state index < -0.39 is 0 Å². The molecule has 0 saturated carbocycles. The standard InChI is InChI=1S/C11H17N5/c1-4-15-7-14-10(11(15)12)9-5-13-6-16(9)8(2)3/h5-8H,4,12H2,1-3H3. The molecule has 86 valence electrons. The van der Waals surface area contributed by atoms with Gasteiger partial charge in [0.25, 0.3) is 0 Å². The van der Waals surface area contributed by atoms with Crippen LogP contribution >= 0.6 is 0 Å². The Morgan fingerprint density at radius 2 is 2.12 bits per heavy atom. The fourth-order valence-corrected chi connectivity index (χ4v) is 1.74. The third-order valence-corrected chi connectivity index (χ3v) is 2.68. The van der Waals surface area contributed by atoms with Crippen LogP contribution in [0.25, 0.3) is 11.4 Å². The van der Waals surface area contributed by atoms with Crippen molar-refractivity contribution in [3.05, 3.63) is 18.9 Å². The minimum atomic E-state index is 0.351. The number of aryl methyl sites for hydroxylation is 1. The molecule has 0 unspecified atom stereocenters. The van der Waals surface area contributed by atoms with Crippen LogP contribution in [-0.2, 0) is 6.54 Å². The van der Waals surface area contributed by atoms with Gasteiger partial charge in [0.15, 0.2) is 0 Å². The van der Waals surface area contributed by atoms with Gasteiger partial charge in [-0.2, -0.15) is 0 Å². The van der Waals surface area contributed by atoms with Crippen LogP contribution in [-0.4, -0.2) is 19.1 Å². The molecule has 2 heterocycles. The van der Waals surface area contributed by atoms with E-state index in [1.807, 2.05) is 17.8 Å². The average molecular weight is 219 g/mol. The first-order chi connectivity index (χ1) is 7.65. The smallest absolute Gasteiger partial charge is 0.133 e. The van der Waals surface area contributed by atoms with Crippen LogP contribution in [0, 0.1) is 0 Å². The third-order valence-electron chi connectivity index (χ3n) is 2.68. The molecule has 0 saturated heterocycles. The molecule has 2 rings (SSSR count). The molecule has 5 nitrogen and oxygen atoms in total. The number of hydrogen-bond acceptors (Lipinski definition) is 3. The first-order valence-electron chi connectivity index (χ1n) is 5.48. The number of hydrogen-bond donors (Lipinski definition) is 1. The van der Waals surface area contributed by atoms with Crippen molar-refractivity contribution in [1.29, 1.82) is 0 Å². The SMILES string of the molecule is CCn1cnc(-c2cncn2C(C)C)c1N. The molecular weight excluding hydrogens is 202 g/mol. The highest BCUT2D eigenvalue weighted by Gasteiger charge is 2.14. The minimum absolute atomic E-state index is 0.351. The van der Waals surface area contributed by atoms with Crippen LogP contribution in [0.2, 0.25) is 0 Å². The average Bonchev–Trinajstić information content (AvgIpc) is 2.83. The maximum absolute atomic E-state index is 6.03. The van der Waals surface area contributed by atoms with Gasteiger partial charge in [-0.25, -0.2) is 9.97 Å². The van der Waals surface area contributed by atoms with Crippen LogP contribution in [0.3, 0.4) is 0 Å². The molecule has 0 fully saturated rings. The summed E-state index contributed by atoms with van der Waals surface area (Å²) in [5.41, 5.74) is 7.82. The summed E-state index contributed by atoms with van der Waals surface area (Å²) < 4.78 is 3.99. The van der Waals surface area contributed by atoms with Crippen LogP contribution in [0.5, 0.6) is 0 Å². The Hall–Kier alpha value is -1.78. The Labute approximate surface area is 94.9 Å². The van der Waals surface area contributed by atoms with Gasteiger partial charge in [0, 0.05) is 12.6 Å². The molecule has 0 atom stereocenters. The topological polar surface area (TPSA) is 61.7 Å². The second-order valence-electron chi connectivity index (χ2n) is 4.04. The first kappa shape index (κ1) is 10.7. The molecule has 0 radical (unpaired) electrons. The Morgan fingerprint density at radius 3 is 2.69 bits per heavy atom. The van der Waals surface area contributed by atoms with Crippen molar-refractivity contribution in [1.82, 2.24) is 19.1 Å². The first-order valence-corrected chi connectivity index (χ1v) is 5.48. The Bertz CT molecular complexity index is 480. The zero-order chi connectivity index (χ0) is 11.7. The van der Waals surface area contributed by atoms with Crippen molar-refractivity contribution in [2.45, 2.75) is 33.4 Å². The summed E-state index contributed by atoms with van der Waals surface area (Å²) in [4.78, 5) is 8.50. The normalized spacial score (nSPS) is 11.2. The van der Waals surface area contributed by atoms with Crippen LogP contribution in [0.4, 0.5) is 5.82 Å². The van der Waals surface area contributed by atoms with E-state index in [0.717, 1.165) is 17.9 Å². The van der Waals surface area contributed by atoms with E-state index in [2.05, 4.69) is 28.4 Å². The highest BCUT2D eigenvalue weighted by Crippen LogP contribution is 2.25. The molecule has 5 heteroatoms. The van der Waals surface area contributed by atoms with Crippen LogP contribution in [0.1, 0.15) is 26.8 Å². The van der Waals surface area contributed by atoms with E-state index in [1.54, 1.807) is 12.5 Å². The number of nitrogens with two attached hydrogens (primary N) is 1. The Kier molecular flexibility index (Phi) is 2.68. The molecule has 16 heavy (non-hydrogen) atoms. The van der Waals surface area contributed by atoms with Crippen molar-refractivity contribution in [3.63, 3.8) is 0 Å². The second kappa shape index (κ2) is 4.00. The summed E-state index contributed by atoms with van der Waals surface area (Å²) in [7, 11) is 0. The quantitative estimate of drug-likeness (QED) is 0.858. The zero-order valence-electron chi connectivity index (χ0n) is 9.88. The summed E-state index contributed by atoms with van der Waals surface area (Å²) in [6.45, 7) is 7.09. The number of imidazole rings is 2. The maximum atomic E-state index is 6.03. The lowest BCUT2D eigenvalue weighted by atomic mass is 10.3. The van der Waals surface area contributed by atoms with E-state index in [1.165, 1.54) is 0 Å². The Balaban J connectivity index is 2.50. The van der Waals surface area contributed by atoms with Crippen LogP contribution in [0.15, 0.2) is 18.9 Å². The zero-order valence-corrected chi connectivity index (χ0v) is 9.88. The lowest BCUT2D eigenvalue weighted by Gasteiger charge is -2.10. The molecule has 0 aliphatic carbocycles. The fourth-order valence-electron chi connectivity index (χ4n) is 1.74. The van der Waals surface area contributed by atoms with Crippen LogP contribution < -0.4 is 5.73 Å². The van der Waals surface area contributed by atoms with Crippen molar-refractivity contribution in [3.8, 4) is 11.4 Å². The molecular formula is C11H17N5. The van der Waals surface area contributed by atoms with Gasteiger partial charge in [0.05, 0.1) is 24.5 Å². The van der Waals surface area contributed by atoms with E-state index in [0.29, 0.717) is 11.9 Å². The fraction of sp³-hybridized carbons (Fsp3) is 0.455. The van der Waals surface area contributed by atoms with Crippen molar-refractivity contribution >= 4 is 5.82 Å². The number of anilines is 1. The van der Waals surface area contributed by atoms with Gasteiger partial charge >= 0.3 is 0 Å². The van der Waals surface area contributed by atoms with Gasteiger partial charge in [-0.3, -0.25) is 0 Å². The van der Waals surface area contributed by atoms with E-state index in [4.69, 9.17) is 5.73 Å². The Morgan fingerprint density at radius 1 is 1.38 bits per heavy atom. The number of nitrogens with zero attached hydrogens (tertiary/aromatic N) is 4. The number of aromatic nitrogens is 4. The summed E-state index contributed by atoms with van der Waals surface area (Å²) in [5, 5.41) is 0. The predicted molar refractivity (Wildman–Crippen MR) is 63.9 cm³/mol.